The van der Waals surface area contributed by atoms with Crippen molar-refractivity contribution in [3.05, 3.63) is 100 Å². The second kappa shape index (κ2) is 7.37. The van der Waals surface area contributed by atoms with Gasteiger partial charge in [0.05, 0.1) is 17.6 Å². The Balaban J connectivity index is 1.79. The number of fused-ring (bicyclic) bond motifs is 1. The van der Waals surface area contributed by atoms with Crippen LogP contribution in [0.15, 0.2) is 66.7 Å². The van der Waals surface area contributed by atoms with Crippen LogP contribution in [-0.2, 0) is 6.54 Å². The van der Waals surface area contributed by atoms with Gasteiger partial charge in [-0.25, -0.2) is 9.37 Å². The van der Waals surface area contributed by atoms with Crippen LogP contribution in [0.1, 0.15) is 22.5 Å². The average molecular weight is 377 g/mol. The third kappa shape index (κ3) is 3.64. The van der Waals surface area contributed by atoms with Gasteiger partial charge >= 0.3 is 0 Å². The number of para-hydroxylation sites is 2. The molecular formula is C23H18ClFN2. The first-order valence-electron chi connectivity index (χ1n) is 8.75. The molecule has 0 radical (unpaired) electrons. The van der Waals surface area contributed by atoms with E-state index < -0.39 is 0 Å². The van der Waals surface area contributed by atoms with E-state index in [2.05, 4.69) is 31.2 Å². The van der Waals surface area contributed by atoms with Gasteiger partial charge in [-0.3, -0.25) is 0 Å². The number of hydrogen-bond donors (Lipinski definition) is 0. The zero-order valence-electron chi connectivity index (χ0n) is 14.9. The lowest BCUT2D eigenvalue weighted by molar-refractivity contribution is 0.601. The Morgan fingerprint density at radius 2 is 1.74 bits per heavy atom. The lowest BCUT2D eigenvalue weighted by Gasteiger charge is -2.10. The molecule has 4 heteroatoms. The monoisotopic (exact) mass is 376 g/mol. The van der Waals surface area contributed by atoms with Crippen LogP contribution >= 0.6 is 11.6 Å². The van der Waals surface area contributed by atoms with Crippen molar-refractivity contribution in [2.24, 2.45) is 0 Å². The van der Waals surface area contributed by atoms with Gasteiger partial charge in [0.2, 0.25) is 0 Å². The topological polar surface area (TPSA) is 17.8 Å². The third-order valence-corrected chi connectivity index (χ3v) is 4.92. The van der Waals surface area contributed by atoms with Gasteiger partial charge < -0.3 is 4.57 Å². The van der Waals surface area contributed by atoms with Gasteiger partial charge in [-0.15, -0.1) is 0 Å². The van der Waals surface area contributed by atoms with Crippen LogP contribution in [0, 0.1) is 12.7 Å². The van der Waals surface area contributed by atoms with Crippen LogP contribution < -0.4 is 0 Å². The van der Waals surface area contributed by atoms with Crippen LogP contribution in [0.25, 0.3) is 23.2 Å². The Morgan fingerprint density at radius 3 is 2.52 bits per heavy atom. The summed E-state index contributed by atoms with van der Waals surface area (Å²) >= 11 is 6.25. The van der Waals surface area contributed by atoms with Crippen molar-refractivity contribution in [3.8, 4) is 0 Å². The van der Waals surface area contributed by atoms with E-state index in [-0.39, 0.29) is 5.82 Å². The largest absolute Gasteiger partial charge is 0.320 e. The fourth-order valence-electron chi connectivity index (χ4n) is 3.08. The van der Waals surface area contributed by atoms with Gasteiger partial charge in [-0.2, -0.15) is 0 Å². The standard InChI is InChI=1S/C23H18ClFN2/c1-16-9-11-17(12-10-16)13-14-23-26-21-7-2-3-8-22(21)27(23)15-18-19(24)5-4-6-20(18)25/h2-14H,15H2,1H3/b14-13+. The molecule has 0 N–H and O–H groups in total. The SMILES string of the molecule is Cc1ccc(/C=C/c2nc3ccccc3n2Cc2c(F)cccc2Cl)cc1. The predicted molar refractivity (Wildman–Crippen MR) is 110 cm³/mol. The molecule has 2 nitrogen and oxygen atoms in total. The van der Waals surface area contributed by atoms with Crippen molar-refractivity contribution in [2.75, 3.05) is 0 Å². The summed E-state index contributed by atoms with van der Waals surface area (Å²) in [6.45, 7) is 2.38. The Labute approximate surface area is 162 Å². The molecule has 134 valence electrons. The number of hydrogen-bond acceptors (Lipinski definition) is 1. The third-order valence-electron chi connectivity index (χ3n) is 4.56. The molecule has 4 rings (SSSR count). The molecule has 3 aromatic carbocycles. The minimum absolute atomic E-state index is 0.311. The predicted octanol–water partition coefficient (Wildman–Crippen LogP) is 6.36. The van der Waals surface area contributed by atoms with Crippen molar-refractivity contribution in [1.82, 2.24) is 9.55 Å². The summed E-state index contributed by atoms with van der Waals surface area (Å²) in [5.41, 5.74) is 4.58. The highest BCUT2D eigenvalue weighted by atomic mass is 35.5. The van der Waals surface area contributed by atoms with E-state index in [1.54, 1.807) is 12.1 Å². The normalized spacial score (nSPS) is 11.5. The molecule has 1 aromatic heterocycles. The fraction of sp³-hybridized carbons (Fsp3) is 0.0870. The number of rotatable bonds is 4. The van der Waals surface area contributed by atoms with E-state index in [1.165, 1.54) is 11.6 Å². The molecule has 1 heterocycles. The maximum Gasteiger partial charge on any atom is 0.134 e. The van der Waals surface area contributed by atoms with Gasteiger partial charge in [0.15, 0.2) is 0 Å². The summed E-state index contributed by atoms with van der Waals surface area (Å²) < 4.78 is 16.3. The van der Waals surface area contributed by atoms with E-state index in [0.717, 1.165) is 22.4 Å². The van der Waals surface area contributed by atoms with Crippen LogP contribution in [0.5, 0.6) is 0 Å². The second-order valence-electron chi connectivity index (χ2n) is 6.49. The van der Waals surface area contributed by atoms with E-state index in [4.69, 9.17) is 16.6 Å². The molecule has 0 aliphatic rings. The molecule has 0 saturated carbocycles. The first kappa shape index (κ1) is 17.5. The highest BCUT2D eigenvalue weighted by molar-refractivity contribution is 6.31. The van der Waals surface area contributed by atoms with E-state index in [9.17, 15) is 4.39 Å². The maximum absolute atomic E-state index is 14.3. The molecule has 27 heavy (non-hydrogen) atoms. The highest BCUT2D eigenvalue weighted by Crippen LogP contribution is 2.24. The van der Waals surface area contributed by atoms with Crippen molar-refractivity contribution in [1.29, 1.82) is 0 Å². The zero-order valence-corrected chi connectivity index (χ0v) is 15.6. The molecule has 0 saturated heterocycles. The fourth-order valence-corrected chi connectivity index (χ4v) is 3.30. The summed E-state index contributed by atoms with van der Waals surface area (Å²) in [6.07, 6.45) is 3.97. The molecule has 0 spiro atoms. The smallest absolute Gasteiger partial charge is 0.134 e. The van der Waals surface area contributed by atoms with Gasteiger partial charge in [-0.1, -0.05) is 65.7 Å². The molecule has 0 aliphatic carbocycles. The van der Waals surface area contributed by atoms with E-state index in [1.807, 2.05) is 41.0 Å². The van der Waals surface area contributed by atoms with E-state index in [0.29, 0.717) is 17.1 Å². The number of halogens is 2. The van der Waals surface area contributed by atoms with Crippen LogP contribution in [0.2, 0.25) is 5.02 Å². The number of aromatic nitrogens is 2. The molecule has 0 atom stereocenters. The zero-order chi connectivity index (χ0) is 18.8. The van der Waals surface area contributed by atoms with Gasteiger partial charge in [-0.05, 0) is 42.8 Å². The molecule has 0 aliphatic heterocycles. The van der Waals surface area contributed by atoms with Gasteiger partial charge in [0, 0.05) is 10.6 Å². The Bertz CT molecular complexity index is 1110. The first-order valence-corrected chi connectivity index (χ1v) is 9.12. The van der Waals surface area contributed by atoms with Crippen LogP contribution in [0.3, 0.4) is 0 Å². The van der Waals surface area contributed by atoms with E-state index >= 15 is 0 Å². The minimum Gasteiger partial charge on any atom is -0.320 e. The average Bonchev–Trinajstić information content (AvgIpc) is 3.02. The van der Waals surface area contributed by atoms with Crippen molar-refractivity contribution in [2.45, 2.75) is 13.5 Å². The molecule has 0 unspecified atom stereocenters. The minimum atomic E-state index is -0.311. The summed E-state index contributed by atoms with van der Waals surface area (Å²) in [5.74, 6) is 0.449. The molecular weight excluding hydrogens is 359 g/mol. The van der Waals surface area contributed by atoms with Crippen molar-refractivity contribution >= 4 is 34.8 Å². The number of imidazole rings is 1. The summed E-state index contributed by atoms with van der Waals surface area (Å²) in [7, 11) is 0. The summed E-state index contributed by atoms with van der Waals surface area (Å²) in [6, 6.07) is 20.9. The van der Waals surface area contributed by atoms with Crippen LogP contribution in [-0.4, -0.2) is 9.55 Å². The van der Waals surface area contributed by atoms with Crippen molar-refractivity contribution in [3.63, 3.8) is 0 Å². The van der Waals surface area contributed by atoms with Gasteiger partial charge in [0.25, 0.3) is 0 Å². The molecule has 0 fully saturated rings. The Hall–Kier alpha value is -2.91. The van der Waals surface area contributed by atoms with Crippen LogP contribution in [0.4, 0.5) is 4.39 Å². The second-order valence-corrected chi connectivity index (χ2v) is 6.90. The summed E-state index contributed by atoms with van der Waals surface area (Å²) in [5, 5.41) is 0.418. The Kier molecular flexibility index (Phi) is 4.78. The lowest BCUT2D eigenvalue weighted by Crippen LogP contribution is -2.05. The molecule has 4 aromatic rings. The number of benzene rings is 3. The number of aryl methyl sites for hydroxylation is 1. The number of nitrogens with zero attached hydrogens (tertiary/aromatic N) is 2. The lowest BCUT2D eigenvalue weighted by atomic mass is 10.1. The maximum atomic E-state index is 14.3. The Morgan fingerprint density at radius 1 is 0.963 bits per heavy atom. The van der Waals surface area contributed by atoms with Crippen molar-refractivity contribution < 1.29 is 4.39 Å². The molecule has 0 amide bonds. The quantitative estimate of drug-likeness (QED) is 0.405. The highest BCUT2D eigenvalue weighted by Gasteiger charge is 2.13. The summed E-state index contributed by atoms with van der Waals surface area (Å²) in [4.78, 5) is 4.71. The molecule has 0 bridgehead atoms. The van der Waals surface area contributed by atoms with Gasteiger partial charge in [0.1, 0.15) is 11.6 Å². The first-order chi connectivity index (χ1) is 13.1.